The van der Waals surface area contributed by atoms with Crippen LogP contribution in [0.2, 0.25) is 0 Å². The van der Waals surface area contributed by atoms with Gasteiger partial charge in [-0.25, -0.2) is 9.59 Å². The molecule has 0 radical (unpaired) electrons. The summed E-state index contributed by atoms with van der Waals surface area (Å²) in [6.45, 7) is 5.31. The second-order valence-corrected chi connectivity index (χ2v) is 3.76. The van der Waals surface area contributed by atoms with Gasteiger partial charge in [0.05, 0.1) is 0 Å². The molecule has 0 aliphatic heterocycles. The van der Waals surface area contributed by atoms with Crippen LogP contribution in [0.15, 0.2) is 0 Å². The normalized spacial score (nSPS) is 15.0. The summed E-state index contributed by atoms with van der Waals surface area (Å²) >= 11 is 0. The number of hydrogen-bond donors (Lipinski definition) is 2. The van der Waals surface area contributed by atoms with E-state index in [0.717, 1.165) is 0 Å². The maximum absolute atomic E-state index is 11.2. The van der Waals surface area contributed by atoms with E-state index in [9.17, 15) is 9.59 Å². The molecule has 0 aromatic heterocycles. The highest BCUT2D eigenvalue weighted by Crippen LogP contribution is 2.04. The first-order valence-electron chi connectivity index (χ1n) is 4.61. The molecule has 0 fully saturated rings. The van der Waals surface area contributed by atoms with E-state index >= 15 is 0 Å². The molecule has 0 spiro atoms. The Hall–Kier alpha value is -0.940. The van der Waals surface area contributed by atoms with Crippen molar-refractivity contribution in [1.82, 2.24) is 0 Å². The molecule has 0 saturated carbocycles. The summed E-state index contributed by atoms with van der Waals surface area (Å²) in [6, 6.07) is -1.55. The molecule has 0 amide bonds. The average Bonchev–Trinajstić information content (AvgIpc) is 2.02. The zero-order chi connectivity index (χ0) is 11.3. The van der Waals surface area contributed by atoms with Crippen molar-refractivity contribution in [2.45, 2.75) is 39.3 Å². The predicted molar refractivity (Wildman–Crippen MR) is 52.2 cm³/mol. The highest BCUT2D eigenvalue weighted by atomic mass is 16.6. The van der Waals surface area contributed by atoms with E-state index in [2.05, 4.69) is 4.74 Å². The number of nitrogens with two attached hydrogens (primary N) is 2. The minimum atomic E-state index is -0.801. The molecular formula is C9H18N2O3. The summed E-state index contributed by atoms with van der Waals surface area (Å²) in [4.78, 5) is 22.1. The summed E-state index contributed by atoms with van der Waals surface area (Å²) < 4.78 is 4.45. The molecule has 0 unspecified atom stereocenters. The van der Waals surface area contributed by atoms with Crippen molar-refractivity contribution in [2.75, 3.05) is 0 Å². The SMILES string of the molecule is CC(C)C[C@H](N)C(=O)OC(=O)[C@H](C)N. The number of rotatable bonds is 4. The van der Waals surface area contributed by atoms with Crippen LogP contribution in [0.3, 0.4) is 0 Å². The lowest BCUT2D eigenvalue weighted by atomic mass is 10.1. The third-order valence-corrected chi connectivity index (χ3v) is 1.60. The lowest BCUT2D eigenvalue weighted by Gasteiger charge is -2.12. The molecule has 0 rings (SSSR count). The van der Waals surface area contributed by atoms with E-state index in [-0.39, 0.29) is 5.92 Å². The maximum Gasteiger partial charge on any atom is 0.330 e. The van der Waals surface area contributed by atoms with Gasteiger partial charge in [-0.3, -0.25) is 0 Å². The lowest BCUT2D eigenvalue weighted by molar-refractivity contribution is -0.161. The zero-order valence-electron chi connectivity index (χ0n) is 8.82. The standard InChI is InChI=1S/C9H18N2O3/c1-5(2)4-7(11)9(13)14-8(12)6(3)10/h5-7H,4,10-11H2,1-3H3/t6-,7-/m0/s1. The molecule has 2 atom stereocenters. The van der Waals surface area contributed by atoms with Gasteiger partial charge in [0.2, 0.25) is 0 Å². The van der Waals surface area contributed by atoms with Crippen molar-refractivity contribution in [3.05, 3.63) is 0 Å². The Morgan fingerprint density at radius 2 is 1.64 bits per heavy atom. The molecule has 5 heteroatoms. The number of hydrogen-bond acceptors (Lipinski definition) is 5. The van der Waals surface area contributed by atoms with E-state index in [1.54, 1.807) is 0 Å². The average molecular weight is 202 g/mol. The molecular weight excluding hydrogens is 184 g/mol. The fourth-order valence-corrected chi connectivity index (χ4v) is 0.872. The molecule has 0 aromatic carbocycles. The van der Waals surface area contributed by atoms with Gasteiger partial charge in [0, 0.05) is 0 Å². The van der Waals surface area contributed by atoms with E-state index in [0.29, 0.717) is 6.42 Å². The predicted octanol–water partition coefficient (Wildman–Crippen LogP) is -0.223. The Labute approximate surface area is 83.8 Å². The zero-order valence-corrected chi connectivity index (χ0v) is 8.82. The van der Waals surface area contributed by atoms with Crippen LogP contribution in [-0.4, -0.2) is 24.0 Å². The van der Waals surface area contributed by atoms with Gasteiger partial charge in [0.25, 0.3) is 0 Å². The highest BCUT2D eigenvalue weighted by Gasteiger charge is 2.21. The molecule has 82 valence electrons. The van der Waals surface area contributed by atoms with E-state index < -0.39 is 24.0 Å². The largest absolute Gasteiger partial charge is 0.391 e. The second-order valence-electron chi connectivity index (χ2n) is 3.76. The van der Waals surface area contributed by atoms with E-state index in [1.165, 1.54) is 6.92 Å². The van der Waals surface area contributed by atoms with Crippen molar-refractivity contribution < 1.29 is 14.3 Å². The Bertz CT molecular complexity index is 214. The molecule has 0 aliphatic carbocycles. The molecule has 14 heavy (non-hydrogen) atoms. The third-order valence-electron chi connectivity index (χ3n) is 1.60. The summed E-state index contributed by atoms with van der Waals surface area (Å²) in [5, 5.41) is 0. The summed E-state index contributed by atoms with van der Waals surface area (Å²) in [6.07, 6.45) is 0.491. The minimum absolute atomic E-state index is 0.281. The van der Waals surface area contributed by atoms with Crippen LogP contribution in [0.4, 0.5) is 0 Å². The Morgan fingerprint density at radius 3 is 2.00 bits per heavy atom. The van der Waals surface area contributed by atoms with Crippen molar-refractivity contribution in [1.29, 1.82) is 0 Å². The van der Waals surface area contributed by atoms with Gasteiger partial charge in [-0.05, 0) is 19.3 Å². The Balaban J connectivity index is 4.02. The van der Waals surface area contributed by atoms with Crippen LogP contribution in [0, 0.1) is 5.92 Å². The topological polar surface area (TPSA) is 95.4 Å². The molecule has 0 bridgehead atoms. The quantitative estimate of drug-likeness (QED) is 0.485. The third kappa shape index (κ3) is 4.94. The van der Waals surface area contributed by atoms with Crippen molar-refractivity contribution >= 4 is 11.9 Å². The van der Waals surface area contributed by atoms with Gasteiger partial charge in [0.1, 0.15) is 12.1 Å². The molecule has 0 aromatic rings. The maximum atomic E-state index is 11.2. The molecule has 0 aliphatic rings. The number of carbonyl (C=O) groups excluding carboxylic acids is 2. The first-order chi connectivity index (χ1) is 6.34. The fraction of sp³-hybridized carbons (Fsp3) is 0.778. The Morgan fingerprint density at radius 1 is 1.14 bits per heavy atom. The van der Waals surface area contributed by atoms with E-state index in [4.69, 9.17) is 11.5 Å². The first-order valence-corrected chi connectivity index (χ1v) is 4.61. The Kier molecular flexibility index (Phi) is 5.34. The van der Waals surface area contributed by atoms with Gasteiger partial charge < -0.3 is 16.2 Å². The van der Waals surface area contributed by atoms with Crippen LogP contribution in [0.5, 0.6) is 0 Å². The van der Waals surface area contributed by atoms with Crippen molar-refractivity contribution in [2.24, 2.45) is 17.4 Å². The smallest absolute Gasteiger partial charge is 0.330 e. The van der Waals surface area contributed by atoms with Gasteiger partial charge in [-0.1, -0.05) is 13.8 Å². The monoisotopic (exact) mass is 202 g/mol. The van der Waals surface area contributed by atoms with Crippen molar-refractivity contribution in [3.8, 4) is 0 Å². The van der Waals surface area contributed by atoms with Crippen LogP contribution >= 0.6 is 0 Å². The molecule has 5 nitrogen and oxygen atoms in total. The molecule has 0 saturated heterocycles. The second kappa shape index (κ2) is 5.72. The fourth-order valence-electron chi connectivity index (χ4n) is 0.872. The number of ether oxygens (including phenoxy) is 1. The van der Waals surface area contributed by atoms with E-state index in [1.807, 2.05) is 13.8 Å². The summed E-state index contributed by atoms with van der Waals surface area (Å²) in [7, 11) is 0. The number of esters is 2. The highest BCUT2D eigenvalue weighted by molar-refractivity contribution is 5.90. The number of carbonyl (C=O) groups is 2. The minimum Gasteiger partial charge on any atom is -0.391 e. The van der Waals surface area contributed by atoms with Gasteiger partial charge in [-0.2, -0.15) is 0 Å². The van der Waals surface area contributed by atoms with Crippen LogP contribution in [-0.2, 0) is 14.3 Å². The van der Waals surface area contributed by atoms with Crippen LogP contribution in [0.1, 0.15) is 27.2 Å². The van der Waals surface area contributed by atoms with Gasteiger partial charge in [0.15, 0.2) is 0 Å². The molecule has 0 heterocycles. The lowest BCUT2D eigenvalue weighted by Crippen LogP contribution is -2.38. The van der Waals surface area contributed by atoms with Crippen LogP contribution < -0.4 is 11.5 Å². The summed E-state index contributed by atoms with van der Waals surface area (Å²) in [5.41, 5.74) is 10.7. The van der Waals surface area contributed by atoms with Crippen LogP contribution in [0.25, 0.3) is 0 Å². The van der Waals surface area contributed by atoms with Crippen molar-refractivity contribution in [3.63, 3.8) is 0 Å². The summed E-state index contributed by atoms with van der Waals surface area (Å²) in [5.74, 6) is -1.17. The van der Waals surface area contributed by atoms with Gasteiger partial charge in [-0.15, -0.1) is 0 Å². The first kappa shape index (κ1) is 13.1. The molecule has 4 N–H and O–H groups in total. The van der Waals surface area contributed by atoms with Gasteiger partial charge >= 0.3 is 11.9 Å².